The molecule has 0 saturated heterocycles. The second-order valence-corrected chi connectivity index (χ2v) is 10.6. The van der Waals surface area contributed by atoms with Crippen LogP contribution in [0.4, 0.5) is 8.78 Å². The van der Waals surface area contributed by atoms with Crippen molar-refractivity contribution in [1.29, 1.82) is 0 Å². The van der Waals surface area contributed by atoms with Gasteiger partial charge in [0.25, 0.3) is 5.91 Å². The lowest BCUT2D eigenvalue weighted by Crippen LogP contribution is -2.38. The van der Waals surface area contributed by atoms with Gasteiger partial charge in [-0.2, -0.15) is 0 Å². The van der Waals surface area contributed by atoms with E-state index in [2.05, 4.69) is 5.32 Å². The third-order valence-corrected chi connectivity index (χ3v) is 7.81. The second-order valence-electron chi connectivity index (χ2n) is 9.31. The Morgan fingerprint density at radius 3 is 2.69 bits per heavy atom. The number of benzene rings is 2. The maximum atomic E-state index is 14.9. The van der Waals surface area contributed by atoms with E-state index in [4.69, 9.17) is 4.98 Å². The van der Waals surface area contributed by atoms with Crippen LogP contribution in [-0.4, -0.2) is 27.3 Å². The highest BCUT2D eigenvalue weighted by molar-refractivity contribution is 7.13. The number of nitrogens with one attached hydrogen (secondary N) is 1. The van der Waals surface area contributed by atoms with Crippen molar-refractivity contribution in [1.82, 2.24) is 14.9 Å². The van der Waals surface area contributed by atoms with Crippen molar-refractivity contribution >= 4 is 34.1 Å². The zero-order valence-electron chi connectivity index (χ0n) is 20.2. The molecule has 0 bridgehead atoms. The number of rotatable bonds is 6. The van der Waals surface area contributed by atoms with Gasteiger partial charge in [0.05, 0.1) is 21.5 Å². The van der Waals surface area contributed by atoms with E-state index in [0.29, 0.717) is 34.6 Å². The lowest BCUT2D eigenvalue weighted by Gasteiger charge is -2.32. The largest absolute Gasteiger partial charge is 0.349 e. The van der Waals surface area contributed by atoms with Gasteiger partial charge in [0.2, 0.25) is 0 Å². The Labute approximate surface area is 212 Å². The van der Waals surface area contributed by atoms with Crippen LogP contribution in [0.1, 0.15) is 70.0 Å². The Morgan fingerprint density at radius 2 is 1.94 bits per heavy atom. The van der Waals surface area contributed by atoms with Crippen molar-refractivity contribution in [2.24, 2.45) is 0 Å². The second kappa shape index (κ2) is 9.93. The minimum atomic E-state index is -0.563. The number of nitrogens with zero attached hydrogens (tertiary/aromatic N) is 2. The number of amides is 1. The highest BCUT2D eigenvalue weighted by Gasteiger charge is 2.29. The molecule has 0 radical (unpaired) electrons. The molecule has 2 heterocycles. The summed E-state index contributed by atoms with van der Waals surface area (Å²) in [5, 5.41) is 3.16. The molecule has 186 valence electrons. The Hall–Kier alpha value is -3.39. The van der Waals surface area contributed by atoms with Gasteiger partial charge in [0.15, 0.2) is 5.78 Å². The lowest BCUT2D eigenvalue weighted by atomic mass is 9.90. The quantitative estimate of drug-likeness (QED) is 0.290. The average molecular weight is 508 g/mol. The fraction of sp³-hybridized carbons (Fsp3) is 0.321. The van der Waals surface area contributed by atoms with Crippen molar-refractivity contribution in [3.8, 4) is 11.4 Å². The van der Waals surface area contributed by atoms with Gasteiger partial charge in [0.1, 0.15) is 17.5 Å². The minimum Gasteiger partial charge on any atom is -0.349 e. The summed E-state index contributed by atoms with van der Waals surface area (Å²) in [6, 6.07) is 12.3. The van der Waals surface area contributed by atoms with Crippen LogP contribution in [0.2, 0.25) is 0 Å². The van der Waals surface area contributed by atoms with Crippen LogP contribution in [0.25, 0.3) is 22.4 Å². The van der Waals surface area contributed by atoms with E-state index >= 15 is 0 Å². The molecule has 0 aliphatic heterocycles. The molecule has 0 unspecified atom stereocenters. The molecule has 1 amide bonds. The Kier molecular flexibility index (Phi) is 6.71. The monoisotopic (exact) mass is 507 g/mol. The zero-order chi connectivity index (χ0) is 25.4. The molecule has 0 spiro atoms. The van der Waals surface area contributed by atoms with Crippen LogP contribution in [0.15, 0.2) is 48.5 Å². The van der Waals surface area contributed by atoms with Gasteiger partial charge in [-0.05, 0) is 81.1 Å². The molecular weight excluding hydrogens is 480 g/mol. The normalized spacial score (nSPS) is 17.9. The Morgan fingerprint density at radius 1 is 1.11 bits per heavy atom. The number of imidazole rings is 1. The number of aromatic nitrogens is 2. The third kappa shape index (κ3) is 4.69. The summed E-state index contributed by atoms with van der Waals surface area (Å²) in [5.74, 6) is -0.880. The number of thiophene rings is 1. The molecule has 1 fully saturated rings. The van der Waals surface area contributed by atoms with E-state index in [9.17, 15) is 18.4 Å². The van der Waals surface area contributed by atoms with Gasteiger partial charge in [-0.3, -0.25) is 9.59 Å². The van der Waals surface area contributed by atoms with E-state index in [1.54, 1.807) is 19.1 Å². The predicted molar refractivity (Wildman–Crippen MR) is 138 cm³/mol. The smallest absolute Gasteiger partial charge is 0.261 e. The first-order valence-electron chi connectivity index (χ1n) is 12.2. The predicted octanol–water partition coefficient (Wildman–Crippen LogP) is 6.86. The van der Waals surface area contributed by atoms with Crippen molar-refractivity contribution in [2.75, 3.05) is 0 Å². The molecule has 5 rings (SSSR count). The van der Waals surface area contributed by atoms with Gasteiger partial charge >= 0.3 is 0 Å². The first-order chi connectivity index (χ1) is 17.3. The number of hydrogen-bond donors (Lipinski definition) is 1. The van der Waals surface area contributed by atoms with Crippen LogP contribution in [-0.2, 0) is 0 Å². The number of carbonyl (C=O) groups excluding carboxylic acids is 2. The van der Waals surface area contributed by atoms with Crippen molar-refractivity contribution in [3.05, 3.63) is 75.5 Å². The van der Waals surface area contributed by atoms with E-state index in [-0.39, 0.29) is 29.3 Å². The number of halogens is 2. The fourth-order valence-electron chi connectivity index (χ4n) is 5.05. The van der Waals surface area contributed by atoms with Crippen LogP contribution in [0.5, 0.6) is 0 Å². The molecular formula is C28H27F2N3O2S. The van der Waals surface area contributed by atoms with Crippen LogP contribution in [0, 0.1) is 18.6 Å². The molecule has 1 N–H and O–H groups in total. The standard InChI is InChI=1S/C28H27F2N3O2S/c1-3-25(34)17-8-11-24-23(13-17)32-27(21-14-18(29)9-10-22(21)30)33(24)20-6-4-5-19(15-20)31-28(35)26-12-7-16(2)36-26/h7-14,19-20H,3-6,15H2,1-2H3,(H,31,35)/t19-,20+/m1/s1. The topological polar surface area (TPSA) is 64.0 Å². The van der Waals surface area contributed by atoms with Crippen LogP contribution < -0.4 is 5.32 Å². The van der Waals surface area contributed by atoms with E-state index in [1.807, 2.05) is 29.7 Å². The summed E-state index contributed by atoms with van der Waals surface area (Å²) in [6.07, 6.45) is 3.54. The molecule has 5 nitrogen and oxygen atoms in total. The number of carbonyl (C=O) groups is 2. The summed E-state index contributed by atoms with van der Waals surface area (Å²) in [5.41, 5.74) is 1.94. The van der Waals surface area contributed by atoms with Crippen LogP contribution in [0.3, 0.4) is 0 Å². The number of ketones is 1. The SMILES string of the molecule is CCC(=O)c1ccc2c(c1)nc(-c1cc(F)ccc1F)n2[C@H]1CCC[C@@H](NC(=O)c2ccc(C)s2)C1. The first kappa shape index (κ1) is 24.3. The Bertz CT molecular complexity index is 1460. The molecule has 1 saturated carbocycles. The van der Waals surface area contributed by atoms with Gasteiger partial charge in [-0.1, -0.05) is 6.92 Å². The van der Waals surface area contributed by atoms with E-state index in [0.717, 1.165) is 47.9 Å². The number of hydrogen-bond acceptors (Lipinski definition) is 4. The first-order valence-corrected chi connectivity index (χ1v) is 13.0. The zero-order valence-corrected chi connectivity index (χ0v) is 21.0. The maximum Gasteiger partial charge on any atom is 0.261 e. The summed E-state index contributed by atoms with van der Waals surface area (Å²) < 4.78 is 31.0. The van der Waals surface area contributed by atoms with Crippen molar-refractivity contribution in [3.63, 3.8) is 0 Å². The minimum absolute atomic E-state index is 0.00538. The Balaban J connectivity index is 1.54. The average Bonchev–Trinajstić information content (AvgIpc) is 3.48. The number of fused-ring (bicyclic) bond motifs is 1. The molecule has 2 atom stereocenters. The summed E-state index contributed by atoms with van der Waals surface area (Å²) in [7, 11) is 0. The summed E-state index contributed by atoms with van der Waals surface area (Å²) in [6.45, 7) is 3.77. The van der Waals surface area contributed by atoms with Crippen molar-refractivity contribution in [2.45, 2.75) is 58.0 Å². The highest BCUT2D eigenvalue weighted by Crippen LogP contribution is 2.37. The lowest BCUT2D eigenvalue weighted by molar-refractivity contribution is 0.0924. The van der Waals surface area contributed by atoms with E-state index in [1.165, 1.54) is 11.3 Å². The number of Topliss-reactive ketones (excluding diaryl/α,β-unsaturated/α-hetero) is 1. The fourth-order valence-corrected chi connectivity index (χ4v) is 5.82. The van der Waals surface area contributed by atoms with Gasteiger partial charge < -0.3 is 9.88 Å². The van der Waals surface area contributed by atoms with Gasteiger partial charge in [-0.15, -0.1) is 11.3 Å². The van der Waals surface area contributed by atoms with Gasteiger partial charge in [0, 0.05) is 28.9 Å². The van der Waals surface area contributed by atoms with E-state index < -0.39 is 11.6 Å². The highest BCUT2D eigenvalue weighted by atomic mass is 32.1. The van der Waals surface area contributed by atoms with Crippen LogP contribution >= 0.6 is 11.3 Å². The molecule has 4 aromatic rings. The maximum absolute atomic E-state index is 14.9. The molecule has 2 aromatic carbocycles. The number of aryl methyl sites for hydroxylation is 1. The third-order valence-electron chi connectivity index (χ3n) is 6.81. The molecule has 8 heteroatoms. The van der Waals surface area contributed by atoms with Crippen molar-refractivity contribution < 1.29 is 18.4 Å². The van der Waals surface area contributed by atoms with Gasteiger partial charge in [-0.25, -0.2) is 13.8 Å². The molecule has 36 heavy (non-hydrogen) atoms. The summed E-state index contributed by atoms with van der Waals surface area (Å²) in [4.78, 5) is 31.5. The summed E-state index contributed by atoms with van der Waals surface area (Å²) >= 11 is 1.46. The molecule has 1 aliphatic carbocycles. The molecule has 1 aliphatic rings. The molecule has 2 aromatic heterocycles.